The molecule has 0 amide bonds. The number of nitrogens with zero attached hydrogens (tertiary/aromatic N) is 1. The normalized spacial score (nSPS) is 22.2. The fourth-order valence-corrected chi connectivity index (χ4v) is 4.33. The predicted octanol–water partition coefficient (Wildman–Crippen LogP) is 2.94. The van der Waals surface area contributed by atoms with Gasteiger partial charge in [-0.15, -0.1) is 11.3 Å². The van der Waals surface area contributed by atoms with Crippen LogP contribution in [-0.2, 0) is 0 Å². The number of piperidine rings is 1. The van der Waals surface area contributed by atoms with Crippen LogP contribution in [0.15, 0.2) is 40.7 Å². The average molecular weight is 360 g/mol. The molecule has 1 aromatic carbocycles. The smallest absolute Gasteiger partial charge is 0.166 e. The number of hydrogen-bond donors (Lipinski definition) is 2. The number of hydrogen-bond acceptors (Lipinski definition) is 4. The number of likely N-dealkylation sites (tertiary alicyclic amines) is 1. The number of nitrogens with one attached hydrogen (secondary N) is 1. The maximum Gasteiger partial charge on any atom is 0.166 e. The highest BCUT2D eigenvalue weighted by Crippen LogP contribution is 2.28. The largest absolute Gasteiger partial charge is 0.504 e. The molecule has 2 aromatic rings. The summed E-state index contributed by atoms with van der Waals surface area (Å²) in [7, 11) is 1.56. The van der Waals surface area contributed by atoms with Crippen LogP contribution in [0.2, 0.25) is 0 Å². The summed E-state index contributed by atoms with van der Waals surface area (Å²) in [5.74, 6) is 1.47. The van der Waals surface area contributed by atoms with Crippen molar-refractivity contribution in [1.29, 1.82) is 0 Å². The number of quaternary nitrogens is 1. The van der Waals surface area contributed by atoms with E-state index in [0.29, 0.717) is 17.4 Å². The van der Waals surface area contributed by atoms with Crippen molar-refractivity contribution < 1.29 is 14.7 Å². The maximum absolute atomic E-state index is 10.2. The van der Waals surface area contributed by atoms with E-state index in [1.165, 1.54) is 30.8 Å². The molecule has 0 saturated carbocycles. The molecule has 0 spiro atoms. The van der Waals surface area contributed by atoms with Crippen LogP contribution in [0.5, 0.6) is 11.5 Å². The Morgan fingerprint density at radius 3 is 2.80 bits per heavy atom. The number of aromatic hydroxyl groups is 1. The summed E-state index contributed by atoms with van der Waals surface area (Å²) in [6, 6.07) is 10.2. The summed E-state index contributed by atoms with van der Waals surface area (Å²) < 4.78 is 5.16. The quantitative estimate of drug-likeness (QED) is 0.779. The van der Waals surface area contributed by atoms with Crippen LogP contribution in [0.25, 0.3) is 0 Å². The third-order valence-corrected chi connectivity index (χ3v) is 6.05. The van der Waals surface area contributed by atoms with E-state index in [2.05, 4.69) is 29.4 Å². The van der Waals surface area contributed by atoms with E-state index >= 15 is 0 Å². The second-order valence-corrected chi connectivity index (χ2v) is 7.78. The Labute approximate surface area is 153 Å². The molecule has 0 radical (unpaired) electrons. The number of phenolic OH excluding ortho intramolecular Hbond substituents is 1. The number of rotatable bonds is 6. The van der Waals surface area contributed by atoms with Gasteiger partial charge >= 0.3 is 0 Å². The fourth-order valence-electron chi connectivity index (χ4n) is 3.46. The Morgan fingerprint density at radius 2 is 2.12 bits per heavy atom. The highest BCUT2D eigenvalue weighted by atomic mass is 32.1. The Morgan fingerprint density at radius 1 is 1.32 bits per heavy atom. The van der Waals surface area contributed by atoms with Crippen LogP contribution in [0.4, 0.5) is 0 Å². The molecule has 0 unspecified atom stereocenters. The first-order valence-electron chi connectivity index (χ1n) is 8.92. The SMILES string of the molecule is COc1cccc(C=NC[C@@H](c2cccs2)[NH+]2CCC(C)CC2)c1O. The van der Waals surface area contributed by atoms with Gasteiger partial charge in [-0.25, -0.2) is 0 Å². The lowest BCUT2D eigenvalue weighted by molar-refractivity contribution is -0.935. The topological polar surface area (TPSA) is 46.3 Å². The molecule has 0 aliphatic carbocycles. The van der Waals surface area contributed by atoms with Crippen molar-refractivity contribution in [3.63, 3.8) is 0 Å². The van der Waals surface area contributed by atoms with Gasteiger partial charge in [-0.05, 0) is 42.3 Å². The van der Waals surface area contributed by atoms with E-state index in [4.69, 9.17) is 4.74 Å². The summed E-state index contributed by atoms with van der Waals surface area (Å²) in [6.07, 6.45) is 4.35. The lowest BCUT2D eigenvalue weighted by Gasteiger charge is -2.32. The van der Waals surface area contributed by atoms with E-state index in [0.717, 1.165) is 12.5 Å². The van der Waals surface area contributed by atoms with Crippen LogP contribution >= 0.6 is 11.3 Å². The van der Waals surface area contributed by atoms with E-state index in [1.54, 1.807) is 24.3 Å². The molecule has 134 valence electrons. The van der Waals surface area contributed by atoms with Crippen molar-refractivity contribution >= 4 is 17.6 Å². The highest BCUT2D eigenvalue weighted by Gasteiger charge is 2.28. The Kier molecular flexibility index (Phi) is 6.10. The number of thiophene rings is 1. The Balaban J connectivity index is 1.73. The number of phenols is 1. The zero-order valence-electron chi connectivity index (χ0n) is 14.9. The Bertz CT molecular complexity index is 692. The summed E-state index contributed by atoms with van der Waals surface area (Å²) in [5, 5.41) is 12.3. The van der Waals surface area contributed by atoms with Crippen LogP contribution < -0.4 is 9.64 Å². The number of benzene rings is 1. The molecule has 4 nitrogen and oxygen atoms in total. The molecule has 2 heterocycles. The second kappa shape index (κ2) is 8.50. The van der Waals surface area contributed by atoms with Crippen molar-refractivity contribution in [3.8, 4) is 11.5 Å². The lowest BCUT2D eigenvalue weighted by Crippen LogP contribution is -3.13. The summed E-state index contributed by atoms with van der Waals surface area (Å²) in [6.45, 7) is 5.51. The zero-order valence-corrected chi connectivity index (χ0v) is 15.8. The van der Waals surface area contributed by atoms with Crippen molar-refractivity contribution in [3.05, 3.63) is 46.2 Å². The third-order valence-electron chi connectivity index (χ3n) is 5.06. The first-order valence-corrected chi connectivity index (χ1v) is 9.80. The van der Waals surface area contributed by atoms with Gasteiger partial charge in [0.1, 0.15) is 6.04 Å². The van der Waals surface area contributed by atoms with Crippen molar-refractivity contribution in [1.82, 2.24) is 0 Å². The summed E-state index contributed by atoms with van der Waals surface area (Å²) >= 11 is 1.82. The molecular formula is C20H27N2O2S+. The molecule has 1 aliphatic rings. The molecule has 1 atom stereocenters. The molecule has 5 heteroatoms. The zero-order chi connectivity index (χ0) is 17.6. The number of ether oxygens (including phenoxy) is 1. The molecule has 2 N–H and O–H groups in total. The number of para-hydroxylation sites is 1. The first-order chi connectivity index (χ1) is 12.2. The van der Waals surface area contributed by atoms with Gasteiger partial charge in [0.2, 0.25) is 0 Å². The molecule has 1 aliphatic heterocycles. The molecule has 1 aromatic heterocycles. The first kappa shape index (κ1) is 18.0. The Hall–Kier alpha value is -1.85. The monoisotopic (exact) mass is 359 g/mol. The van der Waals surface area contributed by atoms with Gasteiger partial charge in [-0.1, -0.05) is 19.1 Å². The van der Waals surface area contributed by atoms with E-state index in [1.807, 2.05) is 23.5 Å². The van der Waals surface area contributed by atoms with Crippen LogP contribution in [0, 0.1) is 5.92 Å². The predicted molar refractivity (Wildman–Crippen MR) is 103 cm³/mol. The molecule has 1 saturated heterocycles. The van der Waals surface area contributed by atoms with Gasteiger partial charge in [-0.3, -0.25) is 4.99 Å². The average Bonchev–Trinajstić information content (AvgIpc) is 3.15. The summed E-state index contributed by atoms with van der Waals surface area (Å²) in [4.78, 5) is 7.71. The molecule has 25 heavy (non-hydrogen) atoms. The van der Waals surface area contributed by atoms with Gasteiger partial charge in [0.05, 0.1) is 31.6 Å². The van der Waals surface area contributed by atoms with Gasteiger partial charge in [-0.2, -0.15) is 0 Å². The van der Waals surface area contributed by atoms with E-state index < -0.39 is 0 Å². The molecule has 3 rings (SSSR count). The maximum atomic E-state index is 10.2. The van der Waals surface area contributed by atoms with Crippen LogP contribution in [0.1, 0.15) is 36.2 Å². The van der Waals surface area contributed by atoms with Crippen molar-refractivity contribution in [2.45, 2.75) is 25.8 Å². The third kappa shape index (κ3) is 4.41. The lowest BCUT2D eigenvalue weighted by atomic mass is 9.97. The highest BCUT2D eigenvalue weighted by molar-refractivity contribution is 7.10. The molecule has 1 fully saturated rings. The minimum absolute atomic E-state index is 0.153. The van der Waals surface area contributed by atoms with Gasteiger partial charge in [0.15, 0.2) is 11.5 Å². The minimum Gasteiger partial charge on any atom is -0.504 e. The van der Waals surface area contributed by atoms with Crippen LogP contribution in [-0.4, -0.2) is 38.1 Å². The van der Waals surface area contributed by atoms with Crippen molar-refractivity contribution in [2.75, 3.05) is 26.7 Å². The second-order valence-electron chi connectivity index (χ2n) is 6.80. The summed E-state index contributed by atoms with van der Waals surface area (Å²) in [5.41, 5.74) is 0.701. The number of aliphatic imine (C=N–C) groups is 1. The van der Waals surface area contributed by atoms with Gasteiger partial charge < -0.3 is 14.7 Å². The minimum atomic E-state index is 0.153. The molecule has 0 bridgehead atoms. The van der Waals surface area contributed by atoms with E-state index in [-0.39, 0.29) is 5.75 Å². The standard InChI is InChI=1S/C20H26N2O2S/c1-15-8-10-22(11-9-15)17(19-7-4-12-25-19)14-21-13-16-5-3-6-18(24-2)20(16)23/h3-7,12-13,15,17,23H,8-11,14H2,1-2H3/p+1/t17-/m0/s1. The van der Waals surface area contributed by atoms with Gasteiger partial charge in [0.25, 0.3) is 0 Å². The van der Waals surface area contributed by atoms with Gasteiger partial charge in [0, 0.05) is 11.8 Å². The fraction of sp³-hybridized carbons (Fsp3) is 0.450. The molecular weight excluding hydrogens is 332 g/mol. The van der Waals surface area contributed by atoms with E-state index in [9.17, 15) is 5.11 Å². The number of methoxy groups -OCH3 is 1. The van der Waals surface area contributed by atoms with Crippen LogP contribution in [0.3, 0.4) is 0 Å². The van der Waals surface area contributed by atoms with Crippen molar-refractivity contribution in [2.24, 2.45) is 10.9 Å².